The molecule has 3 aromatic rings. The summed E-state index contributed by atoms with van der Waals surface area (Å²) in [7, 11) is 1.68. The lowest BCUT2D eigenvalue weighted by molar-refractivity contribution is -0.122. The minimum Gasteiger partial charge on any atom is -0.347 e. The van der Waals surface area contributed by atoms with E-state index in [0.29, 0.717) is 29.5 Å². The molecule has 9 nitrogen and oxygen atoms in total. The van der Waals surface area contributed by atoms with Crippen LogP contribution in [0, 0.1) is 11.8 Å². The monoisotopic (exact) mass is 513 g/mol. The van der Waals surface area contributed by atoms with Crippen LogP contribution >= 0.6 is 0 Å². The van der Waals surface area contributed by atoms with Crippen LogP contribution in [-0.4, -0.2) is 41.9 Å². The molecule has 2 amide bonds. The van der Waals surface area contributed by atoms with E-state index >= 15 is 0 Å². The van der Waals surface area contributed by atoms with E-state index in [1.807, 2.05) is 19.2 Å². The van der Waals surface area contributed by atoms with Crippen molar-refractivity contribution >= 4 is 17.6 Å². The van der Waals surface area contributed by atoms with E-state index in [2.05, 4.69) is 15.7 Å². The summed E-state index contributed by atoms with van der Waals surface area (Å²) in [5.74, 6) is -2.38. The third-order valence-electron chi connectivity index (χ3n) is 7.46. The number of hydrogen-bond donors (Lipinski definition) is 2. The molecule has 2 atom stereocenters. The van der Waals surface area contributed by atoms with Crippen molar-refractivity contribution in [1.29, 1.82) is 0 Å². The highest BCUT2D eigenvalue weighted by atomic mass is 19.3. The number of fused-ring (bicyclic) bond motifs is 1. The van der Waals surface area contributed by atoms with E-state index < -0.39 is 12.0 Å². The quantitative estimate of drug-likeness (QED) is 0.448. The van der Waals surface area contributed by atoms with Crippen LogP contribution in [-0.2, 0) is 11.8 Å². The molecule has 2 N–H and O–H groups in total. The number of rotatable bonds is 9. The van der Waals surface area contributed by atoms with Gasteiger partial charge in [-0.25, -0.2) is 18.7 Å². The van der Waals surface area contributed by atoms with Gasteiger partial charge in [-0.05, 0) is 56.1 Å². The molecule has 0 aliphatic heterocycles. The van der Waals surface area contributed by atoms with Crippen molar-refractivity contribution in [2.24, 2.45) is 18.9 Å². The van der Waals surface area contributed by atoms with E-state index in [9.17, 15) is 18.4 Å². The number of halogens is 2. The molecular formula is C26H33F2N7O2. The summed E-state index contributed by atoms with van der Waals surface area (Å²) >= 11 is 0. The van der Waals surface area contributed by atoms with Gasteiger partial charge in [-0.2, -0.15) is 5.10 Å². The second-order valence-corrected chi connectivity index (χ2v) is 10.3. The van der Waals surface area contributed by atoms with Crippen molar-refractivity contribution in [2.45, 2.75) is 76.3 Å². The first kappa shape index (κ1) is 25.3. The van der Waals surface area contributed by atoms with Crippen molar-refractivity contribution in [3.8, 4) is 0 Å². The van der Waals surface area contributed by atoms with Crippen LogP contribution in [0.2, 0.25) is 0 Å². The topological polar surface area (TPSA) is 106 Å². The van der Waals surface area contributed by atoms with Gasteiger partial charge in [-0.1, -0.05) is 6.92 Å². The van der Waals surface area contributed by atoms with Crippen molar-refractivity contribution in [1.82, 2.24) is 34.8 Å². The number of nitrogens with zero attached hydrogens (tertiary/aromatic N) is 5. The van der Waals surface area contributed by atoms with Crippen LogP contribution in [0.4, 0.5) is 8.78 Å². The summed E-state index contributed by atoms with van der Waals surface area (Å²) in [6, 6.07) is 2.79. The van der Waals surface area contributed by atoms with Gasteiger partial charge in [0.1, 0.15) is 5.69 Å². The van der Waals surface area contributed by atoms with Crippen LogP contribution in [0.1, 0.15) is 92.3 Å². The van der Waals surface area contributed by atoms with Crippen molar-refractivity contribution in [2.75, 3.05) is 0 Å². The van der Waals surface area contributed by atoms with Crippen LogP contribution < -0.4 is 10.6 Å². The first-order chi connectivity index (χ1) is 17.7. The number of amides is 2. The van der Waals surface area contributed by atoms with Crippen LogP contribution in [0.25, 0.3) is 5.78 Å². The second kappa shape index (κ2) is 10.2. The van der Waals surface area contributed by atoms with Gasteiger partial charge < -0.3 is 10.6 Å². The molecule has 2 aliphatic rings. The minimum absolute atomic E-state index is 0.0112. The van der Waals surface area contributed by atoms with E-state index in [-0.39, 0.29) is 49.5 Å². The predicted molar refractivity (Wildman–Crippen MR) is 132 cm³/mol. The molecule has 0 bridgehead atoms. The molecule has 0 aromatic carbocycles. The highest BCUT2D eigenvalue weighted by Crippen LogP contribution is 2.42. The number of imidazole rings is 1. The molecule has 0 spiro atoms. The standard InChI is InChI=1S/C26H33F2N7O2/c1-3-4-21(36)32-22(16-5-6-16)18-10-14-35-15-19(31-25(35)30-18)23(17-7-11-26(27,28)12-8-17)33-24(37)20-9-13-29-34(20)2/h9-10,13-17,22-23H,3-8,11-12H2,1-2H3,(H,32,36)(H,33,37)/t22-,23-/m0/s1. The molecule has 0 unspecified atom stereocenters. The van der Waals surface area contributed by atoms with Crippen molar-refractivity contribution in [3.63, 3.8) is 0 Å². The zero-order chi connectivity index (χ0) is 26.2. The van der Waals surface area contributed by atoms with Gasteiger partial charge in [0.05, 0.1) is 23.5 Å². The molecule has 37 heavy (non-hydrogen) atoms. The molecule has 3 aromatic heterocycles. The number of hydrogen-bond acceptors (Lipinski definition) is 5. The molecule has 5 rings (SSSR count). The summed E-state index contributed by atoms with van der Waals surface area (Å²) in [5.41, 5.74) is 1.71. The van der Waals surface area contributed by atoms with Gasteiger partial charge in [0.2, 0.25) is 17.6 Å². The van der Waals surface area contributed by atoms with E-state index in [0.717, 1.165) is 25.0 Å². The third-order valence-corrected chi connectivity index (χ3v) is 7.46. The Balaban J connectivity index is 1.43. The van der Waals surface area contributed by atoms with Crippen LogP contribution in [0.15, 0.2) is 30.7 Å². The smallest absolute Gasteiger partial charge is 0.270 e. The minimum atomic E-state index is -2.68. The fourth-order valence-corrected chi connectivity index (χ4v) is 5.20. The van der Waals surface area contributed by atoms with Gasteiger partial charge in [0.25, 0.3) is 5.91 Å². The Morgan fingerprint density at radius 3 is 2.38 bits per heavy atom. The number of aromatic nitrogens is 5. The summed E-state index contributed by atoms with van der Waals surface area (Å²) in [4.78, 5) is 34.9. The Morgan fingerprint density at radius 1 is 1.05 bits per heavy atom. The summed E-state index contributed by atoms with van der Waals surface area (Å²) in [6.07, 6.45) is 8.65. The lowest BCUT2D eigenvalue weighted by Crippen LogP contribution is -2.38. The summed E-state index contributed by atoms with van der Waals surface area (Å²) < 4.78 is 31.1. The number of carbonyl (C=O) groups is 2. The summed E-state index contributed by atoms with van der Waals surface area (Å²) in [5, 5.41) is 10.2. The zero-order valence-corrected chi connectivity index (χ0v) is 21.2. The molecule has 2 saturated carbocycles. The largest absolute Gasteiger partial charge is 0.347 e. The molecule has 11 heteroatoms. The average Bonchev–Trinajstić information content (AvgIpc) is 3.47. The highest BCUT2D eigenvalue weighted by molar-refractivity contribution is 5.92. The maximum absolute atomic E-state index is 13.9. The lowest BCUT2D eigenvalue weighted by Gasteiger charge is -2.33. The average molecular weight is 514 g/mol. The van der Waals surface area contributed by atoms with Crippen molar-refractivity contribution in [3.05, 3.63) is 47.8 Å². The summed E-state index contributed by atoms with van der Waals surface area (Å²) in [6.45, 7) is 1.97. The first-order valence-corrected chi connectivity index (χ1v) is 13.1. The van der Waals surface area contributed by atoms with Gasteiger partial charge in [-0.15, -0.1) is 0 Å². The molecular weight excluding hydrogens is 480 g/mol. The Labute approximate surface area is 214 Å². The molecule has 0 radical (unpaired) electrons. The third kappa shape index (κ3) is 5.65. The van der Waals surface area contributed by atoms with E-state index in [1.54, 1.807) is 23.7 Å². The van der Waals surface area contributed by atoms with Gasteiger partial charge in [0, 0.05) is 44.9 Å². The number of aryl methyl sites for hydroxylation is 1. The van der Waals surface area contributed by atoms with Crippen LogP contribution in [0.5, 0.6) is 0 Å². The number of alkyl halides is 2. The second-order valence-electron chi connectivity index (χ2n) is 10.3. The fraction of sp³-hybridized carbons (Fsp3) is 0.577. The number of carbonyl (C=O) groups excluding carboxylic acids is 2. The van der Waals surface area contributed by atoms with Gasteiger partial charge in [-0.3, -0.25) is 18.7 Å². The Bertz CT molecular complexity index is 1270. The Hall–Kier alpha value is -3.37. The Kier molecular flexibility index (Phi) is 6.96. The van der Waals surface area contributed by atoms with E-state index in [4.69, 9.17) is 9.97 Å². The van der Waals surface area contributed by atoms with Gasteiger partial charge >= 0.3 is 0 Å². The highest BCUT2D eigenvalue weighted by Gasteiger charge is 2.40. The Morgan fingerprint density at radius 2 is 1.73 bits per heavy atom. The number of nitrogens with one attached hydrogen (secondary N) is 2. The van der Waals surface area contributed by atoms with E-state index in [1.165, 1.54) is 10.9 Å². The molecule has 0 saturated heterocycles. The maximum Gasteiger partial charge on any atom is 0.270 e. The molecule has 2 aliphatic carbocycles. The zero-order valence-electron chi connectivity index (χ0n) is 21.2. The lowest BCUT2D eigenvalue weighted by atomic mass is 9.81. The molecule has 2 fully saturated rings. The predicted octanol–water partition coefficient (Wildman–Crippen LogP) is 4.13. The maximum atomic E-state index is 13.9. The van der Waals surface area contributed by atoms with Gasteiger partial charge in [0.15, 0.2) is 0 Å². The van der Waals surface area contributed by atoms with Crippen LogP contribution in [0.3, 0.4) is 0 Å². The van der Waals surface area contributed by atoms with Crippen molar-refractivity contribution < 1.29 is 18.4 Å². The molecule has 3 heterocycles. The fourth-order valence-electron chi connectivity index (χ4n) is 5.20. The first-order valence-electron chi connectivity index (χ1n) is 13.1. The normalized spacial score (nSPS) is 19.5. The SMILES string of the molecule is CCCC(=O)N[C@H](c1ccn2cc([C@@H](NC(=O)c3ccnn3C)C3CCC(F)(F)CC3)nc2n1)C1CC1. The molecule has 198 valence electrons.